The Balaban J connectivity index is 3.03. The molecule has 1 heterocycles. The molecule has 0 amide bonds. The van der Waals surface area contributed by atoms with Crippen molar-refractivity contribution in [2.75, 3.05) is 7.11 Å². The summed E-state index contributed by atoms with van der Waals surface area (Å²) in [6, 6.07) is 1.95. The molecule has 0 aliphatic heterocycles. The molecule has 0 radical (unpaired) electrons. The molecule has 3 heteroatoms. The summed E-state index contributed by atoms with van der Waals surface area (Å²) in [5, 5.41) is 2.60. The predicted molar refractivity (Wildman–Crippen MR) is 48.4 cm³/mol. The van der Waals surface area contributed by atoms with Gasteiger partial charge in [-0.15, -0.1) is 11.3 Å². The van der Waals surface area contributed by atoms with E-state index in [0.717, 1.165) is 10.6 Å². The Labute approximate surface area is 69.6 Å². The van der Waals surface area contributed by atoms with E-state index in [2.05, 4.69) is 0 Å². The van der Waals surface area contributed by atoms with Crippen LogP contribution in [0.15, 0.2) is 6.07 Å². The van der Waals surface area contributed by atoms with Crippen LogP contribution in [-0.4, -0.2) is 12.5 Å². The van der Waals surface area contributed by atoms with Crippen LogP contribution in [0.2, 0.25) is 0 Å². The lowest BCUT2D eigenvalue weighted by molar-refractivity contribution is 0.427. The quantitative estimate of drug-likeness (QED) is 0.634. The Bertz CT molecular complexity index is 240. The van der Waals surface area contributed by atoms with Gasteiger partial charge >= 0.3 is 0 Å². The molecular weight excluding hydrogens is 164 g/mol. The summed E-state index contributed by atoms with van der Waals surface area (Å²) in [7, 11) is 1.67. The molecule has 0 bridgehead atoms. The molecule has 0 saturated carbocycles. The van der Waals surface area contributed by atoms with Crippen LogP contribution in [0.25, 0.3) is 0 Å². The van der Waals surface area contributed by atoms with Gasteiger partial charge in [0.25, 0.3) is 0 Å². The van der Waals surface area contributed by atoms with Gasteiger partial charge in [0.1, 0.15) is 0 Å². The molecule has 10 heavy (non-hydrogen) atoms. The Kier molecular flexibility index (Phi) is 2.40. The van der Waals surface area contributed by atoms with Crippen molar-refractivity contribution < 1.29 is 4.74 Å². The fraction of sp³-hybridized carbons (Fsp3) is 0.286. The molecule has 0 aliphatic carbocycles. The molecule has 0 N–H and O–H groups in total. The van der Waals surface area contributed by atoms with Gasteiger partial charge in [-0.25, -0.2) is 0 Å². The van der Waals surface area contributed by atoms with Crippen molar-refractivity contribution in [3.63, 3.8) is 0 Å². The van der Waals surface area contributed by atoms with Crippen molar-refractivity contribution in [1.82, 2.24) is 0 Å². The number of aryl methyl sites for hydroxylation is 1. The van der Waals surface area contributed by atoms with Crippen LogP contribution in [-0.2, 0) is 0 Å². The van der Waals surface area contributed by atoms with Gasteiger partial charge in [-0.05, 0) is 6.92 Å². The highest BCUT2D eigenvalue weighted by molar-refractivity contribution is 7.79. The van der Waals surface area contributed by atoms with Gasteiger partial charge in [0.15, 0.2) is 5.06 Å². The summed E-state index contributed by atoms with van der Waals surface area (Å²) in [5.74, 6) is 0. The van der Waals surface area contributed by atoms with Crippen LogP contribution >= 0.6 is 23.6 Å². The highest BCUT2D eigenvalue weighted by Crippen LogP contribution is 2.26. The molecule has 1 nitrogen and oxygen atoms in total. The van der Waals surface area contributed by atoms with Gasteiger partial charge in [-0.2, -0.15) is 0 Å². The van der Waals surface area contributed by atoms with Gasteiger partial charge in [-0.3, -0.25) is 0 Å². The summed E-state index contributed by atoms with van der Waals surface area (Å²) in [4.78, 5) is 1.21. The highest BCUT2D eigenvalue weighted by Gasteiger charge is 2.00. The first kappa shape index (κ1) is 7.69. The molecule has 0 fully saturated rings. The summed E-state index contributed by atoms with van der Waals surface area (Å²) >= 11 is 6.41. The zero-order valence-electron chi connectivity index (χ0n) is 5.88. The average molecular weight is 172 g/mol. The second kappa shape index (κ2) is 3.12. The normalized spacial score (nSPS) is 9.40. The zero-order valence-corrected chi connectivity index (χ0v) is 7.51. The Morgan fingerprint density at radius 1 is 1.70 bits per heavy atom. The van der Waals surface area contributed by atoms with Crippen molar-refractivity contribution in [2.24, 2.45) is 0 Å². The number of hydrogen-bond acceptors (Lipinski definition) is 3. The highest BCUT2D eigenvalue weighted by atomic mass is 32.1. The first-order chi connectivity index (χ1) is 4.77. The van der Waals surface area contributed by atoms with Gasteiger partial charge in [0.05, 0.1) is 7.11 Å². The van der Waals surface area contributed by atoms with Gasteiger partial charge in [0, 0.05) is 21.9 Å². The number of ether oxygens (including phenoxy) is 1. The molecule has 1 aromatic rings. The summed E-state index contributed by atoms with van der Waals surface area (Å²) in [6.45, 7) is 2.03. The third-order valence-electron chi connectivity index (χ3n) is 1.26. The van der Waals surface area contributed by atoms with E-state index < -0.39 is 0 Å². The molecule has 0 atom stereocenters. The number of thiophene rings is 1. The van der Waals surface area contributed by atoms with Gasteiger partial charge in [-0.1, -0.05) is 12.2 Å². The molecule has 0 aliphatic rings. The van der Waals surface area contributed by atoms with E-state index >= 15 is 0 Å². The third kappa shape index (κ3) is 1.36. The monoisotopic (exact) mass is 172 g/mol. The van der Waals surface area contributed by atoms with Crippen molar-refractivity contribution in [2.45, 2.75) is 6.92 Å². The largest absolute Gasteiger partial charge is 0.487 e. The lowest BCUT2D eigenvalue weighted by Crippen LogP contribution is -1.75. The lowest BCUT2D eigenvalue weighted by Gasteiger charge is -1.87. The van der Waals surface area contributed by atoms with E-state index in [9.17, 15) is 0 Å². The maximum Gasteiger partial charge on any atom is 0.174 e. The standard InChI is InChI=1S/C7H8OS2/c1-5-6(4-9)3-7(8-2)10-5/h3-4H,1-2H3. The van der Waals surface area contributed by atoms with Crippen LogP contribution in [0.5, 0.6) is 5.06 Å². The Hall–Kier alpha value is -0.410. The summed E-state index contributed by atoms with van der Waals surface area (Å²) in [5.41, 5.74) is 1.09. The minimum atomic E-state index is 0.925. The van der Waals surface area contributed by atoms with Crippen LogP contribution in [0, 0.1) is 6.92 Å². The van der Waals surface area contributed by atoms with Crippen LogP contribution in [0.3, 0.4) is 0 Å². The smallest absolute Gasteiger partial charge is 0.174 e. The SMILES string of the molecule is COc1cc(C=S)c(C)s1. The van der Waals surface area contributed by atoms with Crippen LogP contribution in [0.4, 0.5) is 0 Å². The lowest BCUT2D eigenvalue weighted by atomic mass is 10.3. The molecule has 0 unspecified atom stereocenters. The third-order valence-corrected chi connectivity index (χ3v) is 2.54. The summed E-state index contributed by atoms with van der Waals surface area (Å²) < 4.78 is 5.03. The Morgan fingerprint density at radius 2 is 2.40 bits per heavy atom. The Morgan fingerprint density at radius 3 is 2.70 bits per heavy atom. The molecule has 0 aromatic carbocycles. The molecule has 1 rings (SSSR count). The van der Waals surface area contributed by atoms with E-state index in [4.69, 9.17) is 17.0 Å². The minimum Gasteiger partial charge on any atom is -0.487 e. The van der Waals surface area contributed by atoms with Crippen molar-refractivity contribution in [3.8, 4) is 5.06 Å². The topological polar surface area (TPSA) is 9.23 Å². The molecular formula is C7H8OS2. The van der Waals surface area contributed by atoms with E-state index in [1.54, 1.807) is 23.8 Å². The van der Waals surface area contributed by atoms with Crippen molar-refractivity contribution in [3.05, 3.63) is 16.5 Å². The van der Waals surface area contributed by atoms with E-state index in [1.807, 2.05) is 13.0 Å². The second-order valence-corrected chi connectivity index (χ2v) is 3.35. The van der Waals surface area contributed by atoms with E-state index in [1.165, 1.54) is 4.88 Å². The molecule has 0 saturated heterocycles. The predicted octanol–water partition coefficient (Wildman–Crippen LogP) is 2.41. The second-order valence-electron chi connectivity index (χ2n) is 1.90. The number of rotatable bonds is 2. The molecule has 1 aromatic heterocycles. The van der Waals surface area contributed by atoms with Gasteiger partial charge in [0.2, 0.25) is 0 Å². The van der Waals surface area contributed by atoms with Crippen molar-refractivity contribution >= 4 is 28.9 Å². The number of methoxy groups -OCH3 is 1. The van der Waals surface area contributed by atoms with Crippen LogP contribution < -0.4 is 4.74 Å². The first-order valence-electron chi connectivity index (χ1n) is 2.87. The van der Waals surface area contributed by atoms with Gasteiger partial charge < -0.3 is 4.74 Å². The molecule has 54 valence electrons. The molecule has 0 spiro atoms. The van der Waals surface area contributed by atoms with Crippen LogP contribution in [0.1, 0.15) is 10.4 Å². The van der Waals surface area contributed by atoms with E-state index in [0.29, 0.717) is 0 Å². The minimum absolute atomic E-state index is 0.925. The maximum absolute atomic E-state index is 5.03. The maximum atomic E-state index is 5.03. The van der Waals surface area contributed by atoms with E-state index in [-0.39, 0.29) is 0 Å². The fourth-order valence-electron chi connectivity index (χ4n) is 0.685. The number of hydrogen-bond donors (Lipinski definition) is 0. The summed E-state index contributed by atoms with van der Waals surface area (Å²) in [6.07, 6.45) is 0. The number of thiocarbonyl (C=S) groups is 1. The average Bonchev–Trinajstić information content (AvgIpc) is 2.30. The van der Waals surface area contributed by atoms with Crippen molar-refractivity contribution in [1.29, 1.82) is 0 Å². The fourth-order valence-corrected chi connectivity index (χ4v) is 1.81. The first-order valence-corrected chi connectivity index (χ1v) is 4.16. The zero-order chi connectivity index (χ0) is 7.56.